The summed E-state index contributed by atoms with van der Waals surface area (Å²) in [7, 11) is 0. The van der Waals surface area contributed by atoms with Crippen LogP contribution in [0.4, 0.5) is 5.82 Å². The van der Waals surface area contributed by atoms with Crippen LogP contribution in [0.3, 0.4) is 0 Å². The van der Waals surface area contributed by atoms with Crippen LogP contribution in [0, 0.1) is 0 Å². The molecule has 0 amide bonds. The number of rotatable bonds is 10. The molecule has 1 atom stereocenters. The molecule has 0 radical (unpaired) electrons. The number of anilines is 1. The highest BCUT2D eigenvalue weighted by Gasteiger charge is 2.18. The van der Waals surface area contributed by atoms with Gasteiger partial charge in [0.2, 0.25) is 0 Å². The Balaban J connectivity index is 1.38. The number of carboxylic acid groups (broad SMARTS) is 1. The SMILES string of the molecule is O=C(O)C(Cc1ccccc1)Nc1cc(-c2ccc(CNCc3ccccc3)cc2)ncn1. The van der Waals surface area contributed by atoms with E-state index in [1.807, 2.05) is 60.7 Å². The van der Waals surface area contributed by atoms with E-state index in [4.69, 9.17) is 0 Å². The average Bonchev–Trinajstić information content (AvgIpc) is 2.85. The second kappa shape index (κ2) is 11.0. The molecule has 0 spiro atoms. The fraction of sp³-hybridized carbons (Fsp3) is 0.148. The molecule has 4 rings (SSSR count). The van der Waals surface area contributed by atoms with E-state index in [-0.39, 0.29) is 0 Å². The molecule has 0 aliphatic carbocycles. The first kappa shape index (κ1) is 22.2. The van der Waals surface area contributed by atoms with E-state index >= 15 is 0 Å². The van der Waals surface area contributed by atoms with Crippen molar-refractivity contribution in [2.75, 3.05) is 5.32 Å². The van der Waals surface area contributed by atoms with E-state index in [1.54, 1.807) is 6.07 Å². The molecule has 1 unspecified atom stereocenters. The monoisotopic (exact) mass is 438 g/mol. The van der Waals surface area contributed by atoms with Gasteiger partial charge in [-0.3, -0.25) is 0 Å². The fourth-order valence-corrected chi connectivity index (χ4v) is 3.56. The molecule has 166 valence electrons. The lowest BCUT2D eigenvalue weighted by atomic mass is 10.1. The van der Waals surface area contributed by atoms with Crippen LogP contribution in [-0.4, -0.2) is 27.1 Å². The Morgan fingerprint density at radius 1 is 0.788 bits per heavy atom. The molecule has 0 fully saturated rings. The van der Waals surface area contributed by atoms with Crippen molar-refractivity contribution >= 4 is 11.8 Å². The highest BCUT2D eigenvalue weighted by Crippen LogP contribution is 2.20. The molecule has 6 nitrogen and oxygen atoms in total. The van der Waals surface area contributed by atoms with Gasteiger partial charge in [-0.15, -0.1) is 0 Å². The highest BCUT2D eigenvalue weighted by molar-refractivity contribution is 5.77. The molecule has 3 N–H and O–H groups in total. The molecule has 0 aliphatic heterocycles. The number of hydrogen-bond donors (Lipinski definition) is 3. The molecule has 33 heavy (non-hydrogen) atoms. The van der Waals surface area contributed by atoms with Gasteiger partial charge in [0.15, 0.2) is 0 Å². The standard InChI is InChI=1S/C27H26N4O2/c32-27(33)25(15-20-7-3-1-4-8-20)31-26-16-24(29-19-30-26)23-13-11-22(12-14-23)18-28-17-21-9-5-2-6-10-21/h1-14,16,19,25,28H,15,17-18H2,(H,32,33)(H,29,30,31). The summed E-state index contributed by atoms with van der Waals surface area (Å²) >= 11 is 0. The average molecular weight is 439 g/mol. The maximum absolute atomic E-state index is 11.8. The van der Waals surface area contributed by atoms with E-state index in [9.17, 15) is 9.90 Å². The van der Waals surface area contributed by atoms with Gasteiger partial charge in [0.1, 0.15) is 18.2 Å². The molecule has 1 aromatic heterocycles. The summed E-state index contributed by atoms with van der Waals surface area (Å²) in [4.78, 5) is 20.3. The highest BCUT2D eigenvalue weighted by atomic mass is 16.4. The van der Waals surface area contributed by atoms with Gasteiger partial charge in [0, 0.05) is 31.1 Å². The summed E-state index contributed by atoms with van der Waals surface area (Å²) in [5.74, 6) is -0.441. The molecule has 0 saturated heterocycles. The molecular weight excluding hydrogens is 412 g/mol. The van der Waals surface area contributed by atoms with Crippen LogP contribution < -0.4 is 10.6 Å². The Kier molecular flexibility index (Phi) is 7.40. The molecule has 3 aromatic carbocycles. The third-order valence-corrected chi connectivity index (χ3v) is 5.32. The van der Waals surface area contributed by atoms with E-state index in [1.165, 1.54) is 17.5 Å². The fourth-order valence-electron chi connectivity index (χ4n) is 3.56. The lowest BCUT2D eigenvalue weighted by Gasteiger charge is -2.15. The number of hydrogen-bond acceptors (Lipinski definition) is 5. The zero-order valence-corrected chi connectivity index (χ0v) is 18.2. The Hall–Kier alpha value is -4.03. The second-order valence-corrected chi connectivity index (χ2v) is 7.80. The van der Waals surface area contributed by atoms with Crippen LogP contribution in [0.1, 0.15) is 16.7 Å². The maximum atomic E-state index is 11.8. The van der Waals surface area contributed by atoms with Crippen molar-refractivity contribution in [1.29, 1.82) is 0 Å². The molecule has 0 saturated carbocycles. The molecule has 0 aliphatic rings. The Bertz CT molecular complexity index is 1170. The number of aliphatic carboxylic acids is 1. The number of aromatic nitrogens is 2. The molecule has 0 bridgehead atoms. The third-order valence-electron chi connectivity index (χ3n) is 5.32. The van der Waals surface area contributed by atoms with Gasteiger partial charge < -0.3 is 15.7 Å². The van der Waals surface area contributed by atoms with Gasteiger partial charge in [-0.25, -0.2) is 14.8 Å². The van der Waals surface area contributed by atoms with Crippen molar-refractivity contribution < 1.29 is 9.90 Å². The van der Waals surface area contributed by atoms with E-state index in [2.05, 4.69) is 44.9 Å². The number of carboxylic acids is 1. The van der Waals surface area contributed by atoms with E-state index < -0.39 is 12.0 Å². The van der Waals surface area contributed by atoms with Crippen LogP contribution in [0.15, 0.2) is 97.3 Å². The Labute approximate surface area is 193 Å². The number of carbonyl (C=O) groups is 1. The first-order valence-corrected chi connectivity index (χ1v) is 10.9. The summed E-state index contributed by atoms with van der Waals surface area (Å²) in [6.45, 7) is 1.59. The van der Waals surface area contributed by atoms with E-state index in [0.717, 1.165) is 29.9 Å². The maximum Gasteiger partial charge on any atom is 0.326 e. The summed E-state index contributed by atoms with van der Waals surface area (Å²) < 4.78 is 0. The van der Waals surface area contributed by atoms with Crippen molar-refractivity contribution in [2.24, 2.45) is 0 Å². The van der Waals surface area contributed by atoms with Gasteiger partial charge in [-0.1, -0.05) is 84.9 Å². The minimum Gasteiger partial charge on any atom is -0.480 e. The lowest BCUT2D eigenvalue weighted by molar-refractivity contribution is -0.137. The van der Waals surface area contributed by atoms with Gasteiger partial charge >= 0.3 is 5.97 Å². The largest absolute Gasteiger partial charge is 0.480 e. The van der Waals surface area contributed by atoms with Gasteiger partial charge in [0.05, 0.1) is 5.69 Å². The topological polar surface area (TPSA) is 87.1 Å². The van der Waals surface area contributed by atoms with Crippen LogP contribution >= 0.6 is 0 Å². The number of nitrogens with one attached hydrogen (secondary N) is 2. The lowest BCUT2D eigenvalue weighted by Crippen LogP contribution is -2.31. The summed E-state index contributed by atoms with van der Waals surface area (Å²) in [5, 5.41) is 16.1. The summed E-state index contributed by atoms with van der Waals surface area (Å²) in [6, 6.07) is 29.0. The van der Waals surface area contributed by atoms with Crippen LogP contribution in [0.2, 0.25) is 0 Å². The third kappa shape index (κ3) is 6.48. The Morgan fingerprint density at radius 2 is 1.39 bits per heavy atom. The first-order valence-electron chi connectivity index (χ1n) is 10.9. The normalized spacial score (nSPS) is 11.6. The van der Waals surface area contributed by atoms with Crippen LogP contribution in [0.5, 0.6) is 0 Å². The van der Waals surface area contributed by atoms with Crippen molar-refractivity contribution in [3.8, 4) is 11.3 Å². The Morgan fingerprint density at radius 3 is 2.03 bits per heavy atom. The first-order chi connectivity index (χ1) is 16.2. The van der Waals surface area contributed by atoms with E-state index in [0.29, 0.717) is 12.2 Å². The smallest absolute Gasteiger partial charge is 0.326 e. The van der Waals surface area contributed by atoms with Crippen LogP contribution in [0.25, 0.3) is 11.3 Å². The summed E-state index contributed by atoms with van der Waals surface area (Å²) in [6.07, 6.45) is 1.81. The van der Waals surface area contributed by atoms with Crippen molar-refractivity contribution in [3.05, 3.63) is 114 Å². The molecule has 4 aromatic rings. The molecule has 6 heteroatoms. The predicted molar refractivity (Wildman–Crippen MR) is 130 cm³/mol. The van der Waals surface area contributed by atoms with Crippen LogP contribution in [-0.2, 0) is 24.3 Å². The zero-order valence-electron chi connectivity index (χ0n) is 18.2. The molecule has 1 heterocycles. The minimum absolute atomic E-state index is 0.361. The minimum atomic E-state index is -0.925. The van der Waals surface area contributed by atoms with Crippen molar-refractivity contribution in [2.45, 2.75) is 25.6 Å². The van der Waals surface area contributed by atoms with Crippen molar-refractivity contribution in [1.82, 2.24) is 15.3 Å². The quantitative estimate of drug-likeness (QED) is 0.337. The number of nitrogens with zero attached hydrogens (tertiary/aromatic N) is 2. The summed E-state index contributed by atoms with van der Waals surface area (Å²) in [5.41, 5.74) is 5.06. The van der Waals surface area contributed by atoms with Gasteiger partial charge in [-0.05, 0) is 16.7 Å². The second-order valence-electron chi connectivity index (χ2n) is 7.80. The molecular formula is C27H26N4O2. The van der Waals surface area contributed by atoms with Gasteiger partial charge in [0.25, 0.3) is 0 Å². The van der Waals surface area contributed by atoms with Crippen molar-refractivity contribution in [3.63, 3.8) is 0 Å². The predicted octanol–water partition coefficient (Wildman–Crippen LogP) is 4.54. The number of benzene rings is 3. The zero-order chi connectivity index (χ0) is 22.9. The van der Waals surface area contributed by atoms with Gasteiger partial charge in [-0.2, -0.15) is 0 Å².